The molecule has 2 aliphatic carbocycles. The van der Waals surface area contributed by atoms with Crippen molar-refractivity contribution in [2.75, 3.05) is 0 Å². The van der Waals surface area contributed by atoms with E-state index in [9.17, 15) is 0 Å². The summed E-state index contributed by atoms with van der Waals surface area (Å²) < 4.78 is 1.33. The van der Waals surface area contributed by atoms with Crippen molar-refractivity contribution in [2.45, 2.75) is 61.9 Å². The van der Waals surface area contributed by atoms with Gasteiger partial charge in [-0.2, -0.15) is 0 Å². The van der Waals surface area contributed by atoms with E-state index < -0.39 is 26.8 Å². The van der Waals surface area contributed by atoms with E-state index in [4.69, 9.17) is 0 Å². The van der Waals surface area contributed by atoms with Gasteiger partial charge in [0.15, 0.2) is 0 Å². The summed E-state index contributed by atoms with van der Waals surface area (Å²) in [7, 11) is 0. The Hall–Kier alpha value is -2.54. The van der Waals surface area contributed by atoms with E-state index in [1.54, 1.807) is 22.3 Å². The molecule has 2 unspecified atom stereocenters. The van der Waals surface area contributed by atoms with Crippen LogP contribution < -0.4 is 0 Å². The van der Waals surface area contributed by atoms with Gasteiger partial charge in [0, 0.05) is 0 Å². The summed E-state index contributed by atoms with van der Waals surface area (Å²) in [6.07, 6.45) is 5.12. The van der Waals surface area contributed by atoms with Gasteiger partial charge in [-0.15, -0.1) is 0 Å². The second-order valence-corrected chi connectivity index (χ2v) is 32.7. The van der Waals surface area contributed by atoms with Crippen LogP contribution in [-0.4, -0.2) is 5.92 Å². The van der Waals surface area contributed by atoms with Crippen LogP contribution >= 0.6 is 0 Å². The van der Waals surface area contributed by atoms with Crippen LogP contribution in [0.25, 0.3) is 34.4 Å². The fourth-order valence-corrected chi connectivity index (χ4v) is 30.8. The van der Waals surface area contributed by atoms with Crippen LogP contribution in [0.2, 0.25) is 13.1 Å². The van der Waals surface area contributed by atoms with Crippen LogP contribution in [0.3, 0.4) is 0 Å². The van der Waals surface area contributed by atoms with Crippen LogP contribution in [0.1, 0.15) is 65.6 Å². The number of aryl methyl sites for hydroxylation is 4. The van der Waals surface area contributed by atoms with Gasteiger partial charge >= 0.3 is 252 Å². The van der Waals surface area contributed by atoms with Gasteiger partial charge in [0.1, 0.15) is 0 Å². The number of hydrogen-bond donors (Lipinski definition) is 0. The molecule has 0 aliphatic heterocycles. The quantitative estimate of drug-likeness (QED) is 0.196. The Balaban J connectivity index is 1.47. The molecule has 0 radical (unpaired) electrons. The minimum absolute atomic E-state index is 0.666. The van der Waals surface area contributed by atoms with E-state index in [1.807, 2.05) is 0 Å². The first kappa shape index (κ1) is 27.6. The second kappa shape index (κ2) is 10.7. The Morgan fingerprint density at radius 3 is 1.25 bits per heavy atom. The maximum absolute atomic E-state index is 2.66. The first-order chi connectivity index (χ1) is 19.1. The molecule has 2 atom stereocenters. The molecule has 0 amide bonds. The van der Waals surface area contributed by atoms with Crippen LogP contribution in [-0.2, 0) is 20.9 Å². The summed E-state index contributed by atoms with van der Waals surface area (Å²) >= 11 is -2.06. The fraction of sp³-hybridized carbons (Fsp3) is 0.263. The van der Waals surface area contributed by atoms with Gasteiger partial charge in [0.2, 0.25) is 0 Å². The molecule has 4 aromatic carbocycles. The Morgan fingerprint density at radius 2 is 0.900 bits per heavy atom. The average Bonchev–Trinajstić information content (AvgIpc) is 3.39. The molecule has 4 aromatic rings. The van der Waals surface area contributed by atoms with Crippen molar-refractivity contribution in [3.8, 4) is 22.3 Å². The summed E-state index contributed by atoms with van der Waals surface area (Å²) in [6, 6.07) is 28.3. The molecule has 0 nitrogen and oxygen atoms in total. The maximum atomic E-state index is 2.66. The van der Waals surface area contributed by atoms with Crippen LogP contribution in [0, 0.1) is 27.7 Å². The molecule has 2 heteroatoms. The third-order valence-electron chi connectivity index (χ3n) is 8.96. The Bertz CT molecular complexity index is 1540. The molecule has 0 spiro atoms. The summed E-state index contributed by atoms with van der Waals surface area (Å²) in [5.74, 6) is -0.883. The van der Waals surface area contributed by atoms with E-state index in [-0.39, 0.29) is 0 Å². The molecule has 0 saturated carbocycles. The third-order valence-corrected chi connectivity index (χ3v) is 31.1. The number of benzene rings is 4. The standard InChI is InChI=1S/2C18H17.C2H7Si.Zr/c2*1-12-7-13(2)10-16(9-12)17-6-4-5-15-8-14(3)11-18(15)17;1-3-2;/h2*4-11H,1-3H3;3H,1-2H3;. The minimum atomic E-state index is -2.06. The normalized spacial score (nSPS) is 17.5. The molecule has 40 heavy (non-hydrogen) atoms. The van der Waals surface area contributed by atoms with E-state index in [0.717, 1.165) is 0 Å². The molecule has 0 bridgehead atoms. The van der Waals surface area contributed by atoms with Crippen molar-refractivity contribution in [2.24, 2.45) is 0 Å². The monoisotopic (exact) mass is 615 g/mol. The topological polar surface area (TPSA) is 0 Å². The van der Waals surface area contributed by atoms with E-state index in [1.165, 1.54) is 55.6 Å². The summed E-state index contributed by atoms with van der Waals surface area (Å²) in [6.45, 7) is 19.1. The Morgan fingerprint density at radius 1 is 0.525 bits per heavy atom. The van der Waals surface area contributed by atoms with Crippen molar-refractivity contribution in [3.05, 3.63) is 128 Å². The predicted octanol–water partition coefficient (Wildman–Crippen LogP) is 10.5. The number of fused-ring (bicyclic) bond motifs is 2. The van der Waals surface area contributed by atoms with Crippen LogP contribution in [0.4, 0.5) is 0 Å². The van der Waals surface area contributed by atoms with Crippen molar-refractivity contribution in [1.82, 2.24) is 0 Å². The first-order valence-corrected chi connectivity index (χ1v) is 24.8. The molecule has 0 aromatic heterocycles. The molecule has 0 heterocycles. The van der Waals surface area contributed by atoms with E-state index in [2.05, 4.69) is 140 Å². The van der Waals surface area contributed by atoms with Gasteiger partial charge in [-0.1, -0.05) is 0 Å². The van der Waals surface area contributed by atoms with Gasteiger partial charge in [0.05, 0.1) is 0 Å². The van der Waals surface area contributed by atoms with Gasteiger partial charge in [0.25, 0.3) is 0 Å². The zero-order valence-electron chi connectivity index (χ0n) is 25.3. The van der Waals surface area contributed by atoms with E-state index in [0.29, 0.717) is 7.25 Å². The zero-order valence-corrected chi connectivity index (χ0v) is 28.9. The second-order valence-electron chi connectivity index (χ2n) is 12.7. The van der Waals surface area contributed by atoms with Crippen LogP contribution in [0.5, 0.6) is 0 Å². The molecular weight excluding hydrogens is 576 g/mol. The Labute approximate surface area is 250 Å². The average molecular weight is 617 g/mol. The molecule has 0 saturated heterocycles. The van der Waals surface area contributed by atoms with Crippen molar-refractivity contribution >= 4 is 18.1 Å². The summed E-state index contributed by atoms with van der Waals surface area (Å²) in [5.41, 5.74) is 20.4. The molecule has 0 fully saturated rings. The molecule has 0 N–H and O–H groups in total. The van der Waals surface area contributed by atoms with Gasteiger partial charge < -0.3 is 0 Å². The SMILES string of the molecule is CC1=Cc2c(-c3cc(C)cc(C)c3)cccc2[CH]1[Zr]([CH]1C(C)=Cc2c(-c3cc(C)cc(C)c3)cccc21)[SiH](C)C. The van der Waals surface area contributed by atoms with Crippen molar-refractivity contribution < 1.29 is 20.9 Å². The zero-order chi connectivity index (χ0) is 28.3. The molecular formula is C38H41SiZr. The summed E-state index contributed by atoms with van der Waals surface area (Å²) in [5, 5.41) is 0. The Kier molecular flexibility index (Phi) is 7.39. The molecule has 2 aliphatic rings. The first-order valence-electron chi connectivity index (χ1n) is 14.8. The van der Waals surface area contributed by atoms with Gasteiger partial charge in [-0.3, -0.25) is 0 Å². The van der Waals surface area contributed by atoms with Gasteiger partial charge in [-0.05, 0) is 0 Å². The fourth-order valence-electron chi connectivity index (χ4n) is 7.59. The van der Waals surface area contributed by atoms with Crippen LogP contribution in [0.15, 0.2) is 83.9 Å². The summed E-state index contributed by atoms with van der Waals surface area (Å²) in [4.78, 5) is 0. The molecule has 6 rings (SSSR count). The number of rotatable bonds is 5. The predicted molar refractivity (Wildman–Crippen MR) is 174 cm³/mol. The van der Waals surface area contributed by atoms with Gasteiger partial charge in [-0.25, -0.2) is 0 Å². The van der Waals surface area contributed by atoms with E-state index >= 15 is 0 Å². The molecule has 201 valence electrons. The van der Waals surface area contributed by atoms with Crippen molar-refractivity contribution in [3.63, 3.8) is 0 Å². The van der Waals surface area contributed by atoms with Crippen molar-refractivity contribution in [1.29, 1.82) is 0 Å². The third kappa shape index (κ3) is 4.82. The number of allylic oxidation sites excluding steroid dienone is 2. The number of hydrogen-bond acceptors (Lipinski definition) is 0.